The Bertz CT molecular complexity index is 569. The van der Waals surface area contributed by atoms with E-state index in [1.807, 2.05) is 25.1 Å². The molecule has 2 unspecified atom stereocenters. The van der Waals surface area contributed by atoms with Gasteiger partial charge in [0.05, 0.1) is 18.8 Å². The Labute approximate surface area is 137 Å². The summed E-state index contributed by atoms with van der Waals surface area (Å²) in [6.45, 7) is 2.99. The molecule has 1 fully saturated rings. The highest BCUT2D eigenvalue weighted by Crippen LogP contribution is 2.35. The zero-order valence-electron chi connectivity index (χ0n) is 13.9. The normalized spacial score (nSPS) is 23.0. The van der Waals surface area contributed by atoms with Gasteiger partial charge >= 0.3 is 6.03 Å². The molecule has 3 rings (SSSR count). The van der Waals surface area contributed by atoms with Crippen molar-refractivity contribution in [2.24, 2.45) is 0 Å². The Morgan fingerprint density at radius 2 is 2.13 bits per heavy atom. The summed E-state index contributed by atoms with van der Waals surface area (Å²) < 4.78 is 5.69. The highest BCUT2D eigenvalue weighted by molar-refractivity contribution is 5.74. The molecular weight excluding hydrogens is 292 g/mol. The second kappa shape index (κ2) is 6.40. The second-order valence-corrected chi connectivity index (χ2v) is 6.98. The molecule has 126 valence electrons. The molecule has 0 bridgehead atoms. The van der Waals surface area contributed by atoms with Crippen molar-refractivity contribution in [1.82, 2.24) is 10.2 Å². The summed E-state index contributed by atoms with van der Waals surface area (Å²) in [7, 11) is 1.75. The molecule has 5 heteroatoms. The van der Waals surface area contributed by atoms with Crippen LogP contribution < -0.4 is 10.1 Å². The number of urea groups is 1. The fourth-order valence-electron chi connectivity index (χ4n) is 3.71. The van der Waals surface area contributed by atoms with Gasteiger partial charge in [-0.1, -0.05) is 31.0 Å². The predicted octanol–water partition coefficient (Wildman–Crippen LogP) is 2.50. The first-order valence-electron chi connectivity index (χ1n) is 8.44. The van der Waals surface area contributed by atoms with Crippen molar-refractivity contribution in [2.45, 2.75) is 50.2 Å². The van der Waals surface area contributed by atoms with Crippen LogP contribution in [0.1, 0.15) is 44.1 Å². The fraction of sp³-hybridized carbons (Fsp3) is 0.611. The number of benzene rings is 1. The first kappa shape index (κ1) is 16.1. The third-order valence-electron chi connectivity index (χ3n) is 5.10. The summed E-state index contributed by atoms with van der Waals surface area (Å²) in [5, 5.41) is 13.5. The van der Waals surface area contributed by atoms with Crippen LogP contribution in [0.25, 0.3) is 0 Å². The van der Waals surface area contributed by atoms with E-state index in [1.165, 1.54) is 0 Å². The molecule has 5 nitrogen and oxygen atoms in total. The standard InChI is InChI=1S/C18H26N2O3/c1-13(15-11-23-16-8-4-3-7-14(15)16)19-17(21)20(2)12-18(22)9-5-6-10-18/h3-4,7-8,13,15,22H,5-6,9-12H2,1-2H3,(H,19,21). The number of amides is 2. The summed E-state index contributed by atoms with van der Waals surface area (Å²) in [6, 6.07) is 7.82. The molecule has 1 aromatic carbocycles. The lowest BCUT2D eigenvalue weighted by Crippen LogP contribution is -2.49. The van der Waals surface area contributed by atoms with E-state index in [9.17, 15) is 9.90 Å². The van der Waals surface area contributed by atoms with Gasteiger partial charge in [-0.2, -0.15) is 0 Å². The molecule has 0 radical (unpaired) electrons. The fourth-order valence-corrected chi connectivity index (χ4v) is 3.71. The van der Waals surface area contributed by atoms with Crippen LogP contribution in [0.3, 0.4) is 0 Å². The van der Waals surface area contributed by atoms with Gasteiger partial charge in [0.1, 0.15) is 5.75 Å². The van der Waals surface area contributed by atoms with Crippen molar-refractivity contribution in [1.29, 1.82) is 0 Å². The summed E-state index contributed by atoms with van der Waals surface area (Å²) in [5.41, 5.74) is 0.440. The maximum atomic E-state index is 12.4. The number of ether oxygens (including phenoxy) is 1. The molecule has 2 N–H and O–H groups in total. The van der Waals surface area contributed by atoms with E-state index in [4.69, 9.17) is 4.74 Å². The van der Waals surface area contributed by atoms with E-state index in [2.05, 4.69) is 11.4 Å². The molecule has 23 heavy (non-hydrogen) atoms. The molecule has 1 aliphatic heterocycles. The number of nitrogens with one attached hydrogen (secondary N) is 1. The highest BCUT2D eigenvalue weighted by Gasteiger charge is 2.34. The first-order chi connectivity index (χ1) is 11.0. The van der Waals surface area contributed by atoms with Gasteiger partial charge in [0, 0.05) is 24.6 Å². The predicted molar refractivity (Wildman–Crippen MR) is 88.7 cm³/mol. The third kappa shape index (κ3) is 3.44. The van der Waals surface area contributed by atoms with Crippen LogP contribution in [0.4, 0.5) is 4.79 Å². The smallest absolute Gasteiger partial charge is 0.317 e. The largest absolute Gasteiger partial charge is 0.493 e. The van der Waals surface area contributed by atoms with Crippen molar-refractivity contribution in [2.75, 3.05) is 20.2 Å². The minimum atomic E-state index is -0.710. The molecule has 1 saturated carbocycles. The van der Waals surface area contributed by atoms with Crippen molar-refractivity contribution in [3.05, 3.63) is 29.8 Å². The Morgan fingerprint density at radius 1 is 1.43 bits per heavy atom. The molecule has 2 aliphatic rings. The number of hydrogen-bond acceptors (Lipinski definition) is 3. The van der Waals surface area contributed by atoms with Gasteiger partial charge in [0.25, 0.3) is 0 Å². The van der Waals surface area contributed by atoms with Crippen LogP contribution in [-0.2, 0) is 0 Å². The van der Waals surface area contributed by atoms with Crippen LogP contribution in [0.2, 0.25) is 0 Å². The van der Waals surface area contributed by atoms with Gasteiger partial charge in [0.15, 0.2) is 0 Å². The lowest BCUT2D eigenvalue weighted by molar-refractivity contribution is 0.0244. The van der Waals surface area contributed by atoms with Crippen LogP contribution in [0.15, 0.2) is 24.3 Å². The van der Waals surface area contributed by atoms with E-state index in [-0.39, 0.29) is 18.0 Å². The third-order valence-corrected chi connectivity index (χ3v) is 5.10. The van der Waals surface area contributed by atoms with E-state index < -0.39 is 5.60 Å². The zero-order chi connectivity index (χ0) is 16.4. The van der Waals surface area contributed by atoms with Crippen molar-refractivity contribution >= 4 is 6.03 Å². The number of aliphatic hydroxyl groups is 1. The zero-order valence-corrected chi connectivity index (χ0v) is 13.9. The number of rotatable bonds is 4. The summed E-state index contributed by atoms with van der Waals surface area (Å²) in [4.78, 5) is 14.0. The van der Waals surface area contributed by atoms with E-state index in [0.29, 0.717) is 13.2 Å². The molecule has 1 heterocycles. The Morgan fingerprint density at radius 3 is 2.87 bits per heavy atom. The first-order valence-corrected chi connectivity index (χ1v) is 8.44. The minimum Gasteiger partial charge on any atom is -0.493 e. The second-order valence-electron chi connectivity index (χ2n) is 6.98. The average Bonchev–Trinajstić information content (AvgIpc) is 3.13. The lowest BCUT2D eigenvalue weighted by atomic mass is 9.94. The number of nitrogens with zero attached hydrogens (tertiary/aromatic N) is 1. The SMILES string of the molecule is CC(NC(=O)N(C)CC1(O)CCCC1)C1COc2ccccc21. The molecule has 0 spiro atoms. The topological polar surface area (TPSA) is 61.8 Å². The molecule has 2 amide bonds. The van der Waals surface area contributed by atoms with Gasteiger partial charge in [-0.25, -0.2) is 4.79 Å². The molecule has 0 aromatic heterocycles. The molecule has 2 atom stereocenters. The quantitative estimate of drug-likeness (QED) is 0.896. The average molecular weight is 318 g/mol. The van der Waals surface area contributed by atoms with Gasteiger partial charge in [-0.05, 0) is 25.8 Å². The maximum Gasteiger partial charge on any atom is 0.317 e. The van der Waals surface area contributed by atoms with Gasteiger partial charge in [-0.3, -0.25) is 0 Å². The van der Waals surface area contributed by atoms with Crippen molar-refractivity contribution < 1.29 is 14.6 Å². The minimum absolute atomic E-state index is 0.0215. The molecular formula is C18H26N2O3. The lowest BCUT2D eigenvalue weighted by Gasteiger charge is -2.30. The van der Waals surface area contributed by atoms with Crippen LogP contribution in [0.5, 0.6) is 5.75 Å². The molecule has 1 aliphatic carbocycles. The molecule has 1 aromatic rings. The highest BCUT2D eigenvalue weighted by atomic mass is 16.5. The Hall–Kier alpha value is -1.75. The van der Waals surface area contributed by atoms with E-state index >= 15 is 0 Å². The van der Waals surface area contributed by atoms with Crippen LogP contribution in [-0.4, -0.2) is 47.9 Å². The number of para-hydroxylation sites is 1. The number of fused-ring (bicyclic) bond motifs is 1. The summed E-state index contributed by atoms with van der Waals surface area (Å²) in [5.74, 6) is 1.07. The van der Waals surface area contributed by atoms with Crippen LogP contribution in [0, 0.1) is 0 Å². The Kier molecular flexibility index (Phi) is 4.48. The van der Waals surface area contributed by atoms with Crippen molar-refractivity contribution in [3.63, 3.8) is 0 Å². The summed E-state index contributed by atoms with van der Waals surface area (Å²) >= 11 is 0. The monoisotopic (exact) mass is 318 g/mol. The van der Waals surface area contributed by atoms with Crippen LogP contribution >= 0.6 is 0 Å². The number of carbonyl (C=O) groups is 1. The van der Waals surface area contributed by atoms with E-state index in [0.717, 1.165) is 37.0 Å². The van der Waals surface area contributed by atoms with Gasteiger partial charge in [-0.15, -0.1) is 0 Å². The number of hydrogen-bond donors (Lipinski definition) is 2. The maximum absolute atomic E-state index is 12.4. The van der Waals surface area contributed by atoms with E-state index in [1.54, 1.807) is 11.9 Å². The Balaban J connectivity index is 1.57. The number of likely N-dealkylation sites (N-methyl/N-ethyl adjacent to an activating group) is 1. The van der Waals surface area contributed by atoms with Gasteiger partial charge in [0.2, 0.25) is 0 Å². The molecule has 0 saturated heterocycles. The number of carbonyl (C=O) groups excluding carboxylic acids is 1. The van der Waals surface area contributed by atoms with Gasteiger partial charge < -0.3 is 20.1 Å². The van der Waals surface area contributed by atoms with Crippen molar-refractivity contribution in [3.8, 4) is 5.75 Å². The summed E-state index contributed by atoms with van der Waals surface area (Å²) in [6.07, 6.45) is 3.64.